The second kappa shape index (κ2) is 9.95. The Hall–Kier alpha value is -3.36. The Labute approximate surface area is 211 Å². The van der Waals surface area contributed by atoms with Gasteiger partial charge in [0.05, 0.1) is 24.5 Å². The van der Waals surface area contributed by atoms with Crippen LogP contribution in [0.4, 0.5) is 0 Å². The monoisotopic (exact) mass is 483 g/mol. The van der Waals surface area contributed by atoms with Crippen molar-refractivity contribution in [2.24, 2.45) is 7.05 Å². The summed E-state index contributed by atoms with van der Waals surface area (Å²) < 4.78 is 9.52. The highest BCUT2D eigenvalue weighted by Crippen LogP contribution is 2.33. The van der Waals surface area contributed by atoms with Gasteiger partial charge in [-0.1, -0.05) is 18.2 Å². The zero-order valence-electron chi connectivity index (χ0n) is 21.0. The molecule has 4 heterocycles. The van der Waals surface area contributed by atoms with Crippen LogP contribution < -0.4 is 0 Å². The van der Waals surface area contributed by atoms with Crippen molar-refractivity contribution in [3.8, 4) is 33.6 Å². The van der Waals surface area contributed by atoms with Crippen molar-refractivity contribution in [2.45, 2.75) is 50.3 Å². The molecular formula is C28H33N7O. The van der Waals surface area contributed by atoms with Gasteiger partial charge in [-0.3, -0.25) is 14.3 Å². The summed E-state index contributed by atoms with van der Waals surface area (Å²) in [5.41, 5.74) is 5.23. The fourth-order valence-electron chi connectivity index (χ4n) is 5.69. The van der Waals surface area contributed by atoms with Crippen LogP contribution in [-0.4, -0.2) is 66.8 Å². The van der Waals surface area contributed by atoms with E-state index in [-0.39, 0.29) is 0 Å². The number of nitrogens with zero attached hydrogens (tertiary/aromatic N) is 7. The summed E-state index contributed by atoms with van der Waals surface area (Å²) in [6.45, 7) is 2.25. The van der Waals surface area contributed by atoms with Crippen LogP contribution in [-0.2, 0) is 11.8 Å². The molecule has 3 aromatic heterocycles. The van der Waals surface area contributed by atoms with Crippen LogP contribution in [0.25, 0.3) is 33.6 Å². The molecule has 4 aromatic rings. The van der Waals surface area contributed by atoms with E-state index in [9.17, 15) is 0 Å². The molecular weight excluding hydrogens is 450 g/mol. The summed E-state index contributed by atoms with van der Waals surface area (Å²) in [5.74, 6) is 0.716. The molecule has 2 aliphatic rings. The van der Waals surface area contributed by atoms with Gasteiger partial charge < -0.3 is 4.74 Å². The first-order chi connectivity index (χ1) is 17.7. The Balaban J connectivity index is 1.11. The standard InChI is InChI=1S/C28H33N7O/c1-33-17-23(15-31-33)20-4-3-5-21(12-20)28-29-13-22(14-30-28)24-16-32-35(18-24)26-8-6-25(7-9-26)34-11-10-27(19-34)36-2/h3-5,12-18,25-27H,6-11,19H2,1-2H3/t25?,26?,27-/m1/s1. The van der Waals surface area contributed by atoms with Crippen molar-refractivity contribution in [3.63, 3.8) is 0 Å². The number of aromatic nitrogens is 6. The minimum absolute atomic E-state index is 0.412. The van der Waals surface area contributed by atoms with E-state index < -0.39 is 0 Å². The third kappa shape index (κ3) is 4.70. The number of methoxy groups -OCH3 is 1. The number of hydrogen-bond acceptors (Lipinski definition) is 6. The summed E-state index contributed by atoms with van der Waals surface area (Å²) >= 11 is 0. The Kier molecular flexibility index (Phi) is 6.37. The molecule has 8 heteroatoms. The highest BCUT2D eigenvalue weighted by Gasteiger charge is 2.31. The predicted octanol–water partition coefficient (Wildman–Crippen LogP) is 4.61. The zero-order chi connectivity index (χ0) is 24.5. The first-order valence-electron chi connectivity index (χ1n) is 12.9. The number of aryl methyl sites for hydroxylation is 1. The van der Waals surface area contributed by atoms with Gasteiger partial charge in [-0.05, 0) is 43.7 Å². The van der Waals surface area contributed by atoms with E-state index in [0.29, 0.717) is 24.0 Å². The SMILES string of the molecule is CO[C@@H]1CCN(C2CCC(n3cc(-c4cnc(-c5cccc(-c6cnn(C)c6)c5)nc4)cn3)CC2)C1. The largest absolute Gasteiger partial charge is 0.380 e. The number of hydrogen-bond donors (Lipinski definition) is 0. The molecule has 1 aromatic carbocycles. The fourth-order valence-corrected chi connectivity index (χ4v) is 5.69. The minimum atomic E-state index is 0.412. The van der Waals surface area contributed by atoms with E-state index in [0.717, 1.165) is 40.8 Å². The molecule has 1 saturated heterocycles. The van der Waals surface area contributed by atoms with Crippen molar-refractivity contribution in [1.29, 1.82) is 0 Å². The Bertz CT molecular complexity index is 1300. The maximum absolute atomic E-state index is 5.56. The molecule has 1 aliphatic carbocycles. The van der Waals surface area contributed by atoms with Crippen LogP contribution in [0.15, 0.2) is 61.4 Å². The quantitative estimate of drug-likeness (QED) is 0.399. The van der Waals surface area contributed by atoms with E-state index in [2.05, 4.69) is 43.0 Å². The topological polar surface area (TPSA) is 73.9 Å². The molecule has 6 rings (SSSR count). The van der Waals surface area contributed by atoms with Gasteiger partial charge in [-0.25, -0.2) is 9.97 Å². The smallest absolute Gasteiger partial charge is 0.159 e. The summed E-state index contributed by atoms with van der Waals surface area (Å²) in [7, 11) is 3.76. The van der Waals surface area contributed by atoms with Gasteiger partial charge in [0, 0.05) is 80.3 Å². The maximum Gasteiger partial charge on any atom is 0.159 e. The van der Waals surface area contributed by atoms with Crippen molar-refractivity contribution in [2.75, 3.05) is 20.2 Å². The molecule has 1 saturated carbocycles. The minimum Gasteiger partial charge on any atom is -0.380 e. The average Bonchev–Trinajstić information content (AvgIpc) is 3.70. The first kappa shape index (κ1) is 23.1. The van der Waals surface area contributed by atoms with Gasteiger partial charge in [0.2, 0.25) is 0 Å². The lowest BCUT2D eigenvalue weighted by Crippen LogP contribution is -2.37. The fraction of sp³-hybridized carbons (Fsp3) is 0.429. The lowest BCUT2D eigenvalue weighted by atomic mass is 9.90. The van der Waals surface area contributed by atoms with E-state index in [1.165, 1.54) is 32.2 Å². The van der Waals surface area contributed by atoms with Gasteiger partial charge in [0.15, 0.2) is 5.82 Å². The van der Waals surface area contributed by atoms with E-state index >= 15 is 0 Å². The van der Waals surface area contributed by atoms with Crippen LogP contribution in [0.5, 0.6) is 0 Å². The summed E-state index contributed by atoms with van der Waals surface area (Å²) in [5, 5.41) is 8.99. The summed E-state index contributed by atoms with van der Waals surface area (Å²) in [6, 6.07) is 9.42. The second-order valence-electron chi connectivity index (χ2n) is 10.1. The first-order valence-corrected chi connectivity index (χ1v) is 12.9. The third-order valence-electron chi connectivity index (χ3n) is 7.81. The normalized spacial score (nSPS) is 22.8. The third-order valence-corrected chi connectivity index (χ3v) is 7.81. The van der Waals surface area contributed by atoms with E-state index in [4.69, 9.17) is 9.84 Å². The lowest BCUT2D eigenvalue weighted by molar-refractivity contribution is 0.0915. The van der Waals surface area contributed by atoms with Gasteiger partial charge in [-0.15, -0.1) is 0 Å². The maximum atomic E-state index is 5.56. The summed E-state index contributed by atoms with van der Waals surface area (Å²) in [6.07, 6.45) is 18.1. The van der Waals surface area contributed by atoms with Gasteiger partial charge in [-0.2, -0.15) is 10.2 Å². The van der Waals surface area contributed by atoms with Crippen LogP contribution in [0.1, 0.15) is 38.1 Å². The Morgan fingerprint density at radius 3 is 2.22 bits per heavy atom. The zero-order valence-corrected chi connectivity index (χ0v) is 21.0. The molecule has 0 radical (unpaired) electrons. The van der Waals surface area contributed by atoms with Gasteiger partial charge >= 0.3 is 0 Å². The number of likely N-dealkylation sites (tertiary alicyclic amines) is 1. The number of rotatable bonds is 6. The Morgan fingerprint density at radius 2 is 1.50 bits per heavy atom. The highest BCUT2D eigenvalue weighted by atomic mass is 16.5. The van der Waals surface area contributed by atoms with Crippen LogP contribution in [0, 0.1) is 0 Å². The molecule has 0 bridgehead atoms. The molecule has 1 aliphatic heterocycles. The molecule has 36 heavy (non-hydrogen) atoms. The van der Waals surface area contributed by atoms with Crippen molar-refractivity contribution in [3.05, 3.63) is 61.4 Å². The van der Waals surface area contributed by atoms with E-state index in [1.54, 1.807) is 0 Å². The van der Waals surface area contributed by atoms with Crippen molar-refractivity contribution in [1.82, 2.24) is 34.4 Å². The second-order valence-corrected chi connectivity index (χ2v) is 10.1. The van der Waals surface area contributed by atoms with Crippen LogP contribution in [0.3, 0.4) is 0 Å². The van der Waals surface area contributed by atoms with Gasteiger partial charge in [0.25, 0.3) is 0 Å². The highest BCUT2D eigenvalue weighted by molar-refractivity contribution is 5.70. The molecule has 2 fully saturated rings. The molecule has 0 N–H and O–H groups in total. The van der Waals surface area contributed by atoms with Crippen LogP contribution >= 0.6 is 0 Å². The molecule has 8 nitrogen and oxygen atoms in total. The predicted molar refractivity (Wildman–Crippen MR) is 139 cm³/mol. The molecule has 0 spiro atoms. The lowest BCUT2D eigenvalue weighted by Gasteiger charge is -2.34. The Morgan fingerprint density at radius 1 is 0.778 bits per heavy atom. The molecule has 1 atom stereocenters. The van der Waals surface area contributed by atoms with Crippen molar-refractivity contribution < 1.29 is 4.74 Å². The number of benzene rings is 1. The molecule has 0 unspecified atom stereocenters. The van der Waals surface area contributed by atoms with Crippen LogP contribution in [0.2, 0.25) is 0 Å². The molecule has 0 amide bonds. The van der Waals surface area contributed by atoms with Crippen molar-refractivity contribution >= 4 is 0 Å². The molecule has 186 valence electrons. The van der Waals surface area contributed by atoms with Gasteiger partial charge in [0.1, 0.15) is 0 Å². The summed E-state index contributed by atoms with van der Waals surface area (Å²) in [4.78, 5) is 12.0. The average molecular weight is 484 g/mol. The van der Waals surface area contributed by atoms with E-state index in [1.807, 2.05) is 62.0 Å². The number of ether oxygens (including phenoxy) is 1.